The third kappa shape index (κ3) is 3.48. The van der Waals surface area contributed by atoms with Crippen molar-refractivity contribution in [3.05, 3.63) is 0 Å². The minimum Gasteiger partial charge on any atom is -0.308 e. The zero-order chi connectivity index (χ0) is 9.61. The third-order valence-corrected chi connectivity index (χ3v) is 5.62. The van der Waals surface area contributed by atoms with Crippen LogP contribution in [0.2, 0.25) is 0 Å². The molecule has 0 aliphatic rings. The van der Waals surface area contributed by atoms with Crippen LogP contribution in [0, 0.1) is 0 Å². The van der Waals surface area contributed by atoms with Crippen LogP contribution >= 0.6 is 19.4 Å². The van der Waals surface area contributed by atoms with Crippen LogP contribution in [-0.2, 0) is 13.6 Å². The minimum absolute atomic E-state index is 0.0857. The van der Waals surface area contributed by atoms with Crippen molar-refractivity contribution in [3.8, 4) is 0 Å². The van der Waals surface area contributed by atoms with Crippen LogP contribution in [-0.4, -0.2) is 24.5 Å². The van der Waals surface area contributed by atoms with Gasteiger partial charge in [-0.15, -0.1) is 11.8 Å². The summed E-state index contributed by atoms with van der Waals surface area (Å²) in [6.07, 6.45) is 1.90. The quantitative estimate of drug-likeness (QED) is 0.634. The normalized spacial score (nSPS) is 14.7. The van der Waals surface area contributed by atoms with Crippen molar-refractivity contribution in [1.82, 2.24) is 0 Å². The summed E-state index contributed by atoms with van der Waals surface area (Å²) in [5.41, 5.74) is 0. The second-order valence-corrected chi connectivity index (χ2v) is 6.11. The SMILES string of the molecule is CCOP(=O)(OCC)C(C)SC. The van der Waals surface area contributed by atoms with E-state index in [0.29, 0.717) is 13.2 Å². The Labute approximate surface area is 78.7 Å². The number of hydrogen-bond donors (Lipinski definition) is 0. The Morgan fingerprint density at radius 2 is 1.75 bits per heavy atom. The summed E-state index contributed by atoms with van der Waals surface area (Å²) in [6.45, 7) is 6.36. The molecule has 0 aromatic rings. The summed E-state index contributed by atoms with van der Waals surface area (Å²) >= 11 is 1.50. The first-order valence-corrected chi connectivity index (χ1v) is 6.92. The van der Waals surface area contributed by atoms with Crippen molar-refractivity contribution in [3.63, 3.8) is 0 Å². The van der Waals surface area contributed by atoms with Crippen molar-refractivity contribution in [2.75, 3.05) is 19.5 Å². The van der Waals surface area contributed by atoms with E-state index in [1.165, 1.54) is 11.8 Å². The monoisotopic (exact) mass is 212 g/mol. The molecule has 0 amide bonds. The summed E-state index contributed by atoms with van der Waals surface area (Å²) < 4.78 is 22.1. The second-order valence-electron chi connectivity index (χ2n) is 2.21. The molecule has 0 radical (unpaired) electrons. The largest absolute Gasteiger partial charge is 0.343 e. The summed E-state index contributed by atoms with van der Waals surface area (Å²) in [4.78, 5) is -0.0857. The Bertz CT molecular complexity index is 153. The molecule has 0 aliphatic heterocycles. The van der Waals surface area contributed by atoms with E-state index in [4.69, 9.17) is 9.05 Å². The van der Waals surface area contributed by atoms with Gasteiger partial charge in [-0.25, -0.2) is 0 Å². The molecule has 1 unspecified atom stereocenters. The molecule has 1 atom stereocenters. The molecule has 74 valence electrons. The predicted octanol–water partition coefficient (Wildman–Crippen LogP) is 2.96. The van der Waals surface area contributed by atoms with E-state index in [1.807, 2.05) is 27.0 Å². The molecule has 12 heavy (non-hydrogen) atoms. The van der Waals surface area contributed by atoms with Gasteiger partial charge in [0.05, 0.1) is 13.2 Å². The van der Waals surface area contributed by atoms with Gasteiger partial charge in [-0.05, 0) is 27.0 Å². The molecule has 0 saturated carbocycles. The smallest absolute Gasteiger partial charge is 0.308 e. The van der Waals surface area contributed by atoms with Gasteiger partial charge >= 0.3 is 7.60 Å². The number of rotatable bonds is 6. The van der Waals surface area contributed by atoms with Gasteiger partial charge in [0.15, 0.2) is 0 Å². The van der Waals surface area contributed by atoms with Gasteiger partial charge in [-0.3, -0.25) is 4.57 Å². The zero-order valence-electron chi connectivity index (χ0n) is 8.07. The molecular weight excluding hydrogens is 195 g/mol. The van der Waals surface area contributed by atoms with Gasteiger partial charge in [0.25, 0.3) is 0 Å². The van der Waals surface area contributed by atoms with Crippen LogP contribution in [0.25, 0.3) is 0 Å². The predicted molar refractivity (Wildman–Crippen MR) is 53.8 cm³/mol. The van der Waals surface area contributed by atoms with E-state index in [0.717, 1.165) is 0 Å². The molecule has 0 saturated heterocycles. The highest BCUT2D eigenvalue weighted by Crippen LogP contribution is 2.56. The lowest BCUT2D eigenvalue weighted by Gasteiger charge is -2.21. The Balaban J connectivity index is 4.27. The fourth-order valence-electron chi connectivity index (χ4n) is 0.736. The van der Waals surface area contributed by atoms with Crippen molar-refractivity contribution < 1.29 is 13.6 Å². The molecule has 3 nitrogen and oxygen atoms in total. The van der Waals surface area contributed by atoms with Gasteiger partial charge in [-0.1, -0.05) is 0 Å². The summed E-state index contributed by atoms with van der Waals surface area (Å²) in [5, 5.41) is 0. The van der Waals surface area contributed by atoms with Gasteiger partial charge in [0.1, 0.15) is 4.99 Å². The molecule has 5 heteroatoms. The summed E-state index contributed by atoms with van der Waals surface area (Å²) in [6, 6.07) is 0. The van der Waals surface area contributed by atoms with Crippen LogP contribution in [0.5, 0.6) is 0 Å². The fourth-order valence-corrected chi connectivity index (χ4v) is 3.35. The Morgan fingerprint density at radius 1 is 1.33 bits per heavy atom. The standard InChI is InChI=1S/C7H17O3PS/c1-5-9-11(8,10-6-2)7(3)12-4/h7H,5-6H2,1-4H3. The molecule has 0 N–H and O–H groups in total. The van der Waals surface area contributed by atoms with E-state index >= 15 is 0 Å². The Hall–Kier alpha value is 0.500. The molecular formula is C7H17O3PS. The van der Waals surface area contributed by atoms with Gasteiger partial charge in [0.2, 0.25) is 0 Å². The zero-order valence-corrected chi connectivity index (χ0v) is 9.78. The first-order chi connectivity index (χ1) is 5.60. The van der Waals surface area contributed by atoms with Gasteiger partial charge in [0, 0.05) is 0 Å². The molecule has 0 aromatic heterocycles. The molecule has 0 heterocycles. The second kappa shape index (κ2) is 6.03. The highest BCUT2D eigenvalue weighted by atomic mass is 32.2. The average Bonchev–Trinajstić information content (AvgIpc) is 2.04. The molecule has 0 fully saturated rings. The highest BCUT2D eigenvalue weighted by molar-refractivity contribution is 8.04. The molecule has 0 aromatic carbocycles. The van der Waals surface area contributed by atoms with Crippen molar-refractivity contribution >= 4 is 19.4 Å². The topological polar surface area (TPSA) is 35.5 Å². The summed E-state index contributed by atoms with van der Waals surface area (Å²) in [7, 11) is -2.85. The first-order valence-electron chi connectivity index (χ1n) is 4.02. The Kier molecular flexibility index (Phi) is 6.28. The van der Waals surface area contributed by atoms with Crippen molar-refractivity contribution in [1.29, 1.82) is 0 Å². The molecule has 0 spiro atoms. The lowest BCUT2D eigenvalue weighted by molar-refractivity contribution is 0.219. The average molecular weight is 212 g/mol. The third-order valence-electron chi connectivity index (χ3n) is 1.40. The van der Waals surface area contributed by atoms with Crippen molar-refractivity contribution in [2.45, 2.75) is 25.8 Å². The highest BCUT2D eigenvalue weighted by Gasteiger charge is 2.30. The van der Waals surface area contributed by atoms with Crippen LogP contribution in [0.15, 0.2) is 0 Å². The van der Waals surface area contributed by atoms with Crippen LogP contribution < -0.4 is 0 Å². The van der Waals surface area contributed by atoms with E-state index in [-0.39, 0.29) is 4.99 Å². The van der Waals surface area contributed by atoms with Gasteiger partial charge < -0.3 is 9.05 Å². The number of thioether (sulfide) groups is 1. The maximum atomic E-state index is 11.9. The molecule has 0 bridgehead atoms. The van der Waals surface area contributed by atoms with E-state index in [2.05, 4.69) is 0 Å². The van der Waals surface area contributed by atoms with Crippen LogP contribution in [0.3, 0.4) is 0 Å². The lowest BCUT2D eigenvalue weighted by Crippen LogP contribution is -2.05. The van der Waals surface area contributed by atoms with E-state index in [1.54, 1.807) is 0 Å². The first kappa shape index (κ1) is 12.5. The van der Waals surface area contributed by atoms with E-state index < -0.39 is 7.60 Å². The Morgan fingerprint density at radius 3 is 2.00 bits per heavy atom. The fraction of sp³-hybridized carbons (Fsp3) is 1.00. The maximum Gasteiger partial charge on any atom is 0.343 e. The number of hydrogen-bond acceptors (Lipinski definition) is 4. The van der Waals surface area contributed by atoms with Crippen molar-refractivity contribution in [2.24, 2.45) is 0 Å². The van der Waals surface area contributed by atoms with Crippen LogP contribution in [0.4, 0.5) is 0 Å². The lowest BCUT2D eigenvalue weighted by atomic mass is 10.9. The molecule has 0 rings (SSSR count). The van der Waals surface area contributed by atoms with Crippen LogP contribution in [0.1, 0.15) is 20.8 Å². The maximum absolute atomic E-state index is 11.9. The molecule has 0 aliphatic carbocycles. The summed E-state index contributed by atoms with van der Waals surface area (Å²) in [5.74, 6) is 0. The van der Waals surface area contributed by atoms with Gasteiger partial charge in [-0.2, -0.15) is 0 Å². The minimum atomic E-state index is -2.85. The van der Waals surface area contributed by atoms with E-state index in [9.17, 15) is 4.57 Å².